The summed E-state index contributed by atoms with van der Waals surface area (Å²) in [5.74, 6) is 0.265. The molecule has 1 amide bonds. The van der Waals surface area contributed by atoms with Crippen molar-refractivity contribution in [2.75, 3.05) is 19.8 Å². The number of hydrogen-bond donors (Lipinski definition) is 2. The minimum atomic E-state index is -0.801. The summed E-state index contributed by atoms with van der Waals surface area (Å²) in [5, 5.41) is 19.1. The third-order valence-electron chi connectivity index (χ3n) is 3.89. The fraction of sp³-hybridized carbons (Fsp3) is 0.375. The van der Waals surface area contributed by atoms with Crippen molar-refractivity contribution in [1.82, 2.24) is 9.88 Å². The number of rotatable bonds is 4. The summed E-state index contributed by atoms with van der Waals surface area (Å²) in [4.78, 5) is 17.1. The molecule has 7 nitrogen and oxygen atoms in total. The van der Waals surface area contributed by atoms with Gasteiger partial charge in [-0.15, -0.1) is 0 Å². The molecule has 0 spiro atoms. The standard InChI is InChI=1S/C16H17N3O4/c17-9-11-3-4-13(18-11)16(21)19-5-7-22-10-12(19)8-14(20)15-2-1-6-23-15/h1-4,6,12,14,18,20H,5,7-8,10H2. The number of ether oxygens (including phenoxy) is 1. The van der Waals surface area contributed by atoms with Crippen LogP contribution < -0.4 is 0 Å². The van der Waals surface area contributed by atoms with E-state index in [0.29, 0.717) is 43.3 Å². The number of H-pyrrole nitrogens is 1. The molecule has 1 saturated heterocycles. The molecule has 0 saturated carbocycles. The Morgan fingerprint density at radius 2 is 2.39 bits per heavy atom. The van der Waals surface area contributed by atoms with Crippen LogP contribution in [0.3, 0.4) is 0 Å². The van der Waals surface area contributed by atoms with Gasteiger partial charge in [0.2, 0.25) is 0 Å². The molecule has 120 valence electrons. The van der Waals surface area contributed by atoms with E-state index in [1.54, 1.807) is 29.2 Å². The molecule has 3 heterocycles. The van der Waals surface area contributed by atoms with Crippen LogP contribution in [0.25, 0.3) is 0 Å². The van der Waals surface area contributed by atoms with E-state index in [-0.39, 0.29) is 11.9 Å². The highest BCUT2D eigenvalue weighted by molar-refractivity contribution is 5.93. The Bertz CT molecular complexity index is 701. The van der Waals surface area contributed by atoms with E-state index in [9.17, 15) is 9.90 Å². The lowest BCUT2D eigenvalue weighted by Crippen LogP contribution is -2.49. The first-order valence-electron chi connectivity index (χ1n) is 7.38. The lowest BCUT2D eigenvalue weighted by Gasteiger charge is -2.36. The second-order valence-electron chi connectivity index (χ2n) is 5.39. The molecular weight excluding hydrogens is 298 g/mol. The van der Waals surface area contributed by atoms with Gasteiger partial charge in [-0.25, -0.2) is 0 Å². The third-order valence-corrected chi connectivity index (χ3v) is 3.89. The molecule has 0 radical (unpaired) electrons. The zero-order valence-electron chi connectivity index (χ0n) is 12.4. The molecule has 1 aliphatic heterocycles. The number of morpholine rings is 1. The number of aliphatic hydroxyl groups is 1. The van der Waals surface area contributed by atoms with Gasteiger partial charge in [-0.3, -0.25) is 4.79 Å². The van der Waals surface area contributed by atoms with Crippen molar-refractivity contribution in [3.8, 4) is 6.07 Å². The molecule has 0 aliphatic carbocycles. The maximum absolute atomic E-state index is 12.6. The average Bonchev–Trinajstić information content (AvgIpc) is 3.26. The van der Waals surface area contributed by atoms with Gasteiger partial charge in [-0.1, -0.05) is 0 Å². The van der Waals surface area contributed by atoms with E-state index in [0.717, 1.165) is 0 Å². The zero-order chi connectivity index (χ0) is 16.2. The highest BCUT2D eigenvalue weighted by Gasteiger charge is 2.31. The van der Waals surface area contributed by atoms with Crippen LogP contribution in [0.1, 0.15) is 34.5 Å². The van der Waals surface area contributed by atoms with Gasteiger partial charge in [-0.05, 0) is 24.3 Å². The first-order chi connectivity index (χ1) is 11.2. The predicted molar refractivity (Wildman–Crippen MR) is 79.4 cm³/mol. The summed E-state index contributed by atoms with van der Waals surface area (Å²) in [6, 6.07) is 8.28. The van der Waals surface area contributed by atoms with Gasteiger partial charge in [0.15, 0.2) is 0 Å². The van der Waals surface area contributed by atoms with Crippen molar-refractivity contribution >= 4 is 5.91 Å². The normalized spacial score (nSPS) is 19.3. The molecule has 7 heteroatoms. The molecule has 2 unspecified atom stereocenters. The van der Waals surface area contributed by atoms with Gasteiger partial charge in [0.1, 0.15) is 29.3 Å². The average molecular weight is 315 g/mol. The second kappa shape index (κ2) is 6.69. The summed E-state index contributed by atoms with van der Waals surface area (Å²) in [5.41, 5.74) is 0.703. The van der Waals surface area contributed by atoms with E-state index in [1.807, 2.05) is 6.07 Å². The number of carbonyl (C=O) groups is 1. The van der Waals surface area contributed by atoms with Crippen LogP contribution in [0.4, 0.5) is 0 Å². The van der Waals surface area contributed by atoms with Crippen LogP contribution in [0.15, 0.2) is 34.9 Å². The molecule has 2 atom stereocenters. The molecule has 2 aromatic rings. The quantitative estimate of drug-likeness (QED) is 0.889. The Kier molecular flexibility index (Phi) is 4.46. The van der Waals surface area contributed by atoms with Crippen molar-refractivity contribution in [1.29, 1.82) is 5.26 Å². The minimum Gasteiger partial charge on any atom is -0.467 e. The summed E-state index contributed by atoms with van der Waals surface area (Å²) < 4.78 is 10.6. The molecule has 2 aromatic heterocycles. The van der Waals surface area contributed by atoms with Crippen LogP contribution in [-0.2, 0) is 4.74 Å². The van der Waals surface area contributed by atoms with Gasteiger partial charge >= 0.3 is 0 Å². The Morgan fingerprint density at radius 1 is 1.52 bits per heavy atom. The van der Waals surface area contributed by atoms with Gasteiger partial charge in [0, 0.05) is 13.0 Å². The minimum absolute atomic E-state index is 0.202. The van der Waals surface area contributed by atoms with Gasteiger partial charge in [0.25, 0.3) is 5.91 Å². The van der Waals surface area contributed by atoms with Crippen LogP contribution in [-0.4, -0.2) is 46.7 Å². The molecule has 23 heavy (non-hydrogen) atoms. The monoisotopic (exact) mass is 315 g/mol. The third kappa shape index (κ3) is 3.28. The zero-order valence-corrected chi connectivity index (χ0v) is 12.4. The van der Waals surface area contributed by atoms with E-state index < -0.39 is 6.10 Å². The molecule has 2 N–H and O–H groups in total. The Balaban J connectivity index is 1.73. The second-order valence-corrected chi connectivity index (χ2v) is 5.39. The molecule has 1 aliphatic rings. The molecule has 3 rings (SSSR count). The summed E-state index contributed by atoms with van der Waals surface area (Å²) in [6.07, 6.45) is 1.03. The highest BCUT2D eigenvalue weighted by atomic mass is 16.5. The van der Waals surface area contributed by atoms with Gasteiger partial charge in [-0.2, -0.15) is 5.26 Å². The molecule has 0 aromatic carbocycles. The number of amides is 1. The smallest absolute Gasteiger partial charge is 0.270 e. The van der Waals surface area contributed by atoms with Crippen molar-refractivity contribution in [3.05, 3.63) is 47.7 Å². The maximum Gasteiger partial charge on any atom is 0.270 e. The lowest BCUT2D eigenvalue weighted by molar-refractivity contribution is -0.0198. The highest BCUT2D eigenvalue weighted by Crippen LogP contribution is 2.24. The number of hydrogen-bond acceptors (Lipinski definition) is 5. The number of carbonyl (C=O) groups excluding carboxylic acids is 1. The van der Waals surface area contributed by atoms with Crippen molar-refractivity contribution in [2.45, 2.75) is 18.6 Å². The first kappa shape index (κ1) is 15.3. The summed E-state index contributed by atoms with van der Waals surface area (Å²) in [6.45, 7) is 1.25. The Morgan fingerprint density at radius 3 is 3.09 bits per heavy atom. The summed E-state index contributed by atoms with van der Waals surface area (Å²) >= 11 is 0. The number of nitrogens with one attached hydrogen (secondary N) is 1. The van der Waals surface area contributed by atoms with E-state index >= 15 is 0 Å². The molecular formula is C16H17N3O4. The number of aromatic nitrogens is 1. The number of furan rings is 1. The maximum atomic E-state index is 12.6. The van der Waals surface area contributed by atoms with E-state index in [4.69, 9.17) is 14.4 Å². The number of nitrogens with zero attached hydrogens (tertiary/aromatic N) is 2. The van der Waals surface area contributed by atoms with Crippen molar-refractivity contribution in [3.63, 3.8) is 0 Å². The van der Waals surface area contributed by atoms with Crippen LogP contribution >= 0.6 is 0 Å². The Hall–Kier alpha value is -2.56. The molecule has 0 bridgehead atoms. The van der Waals surface area contributed by atoms with E-state index in [1.165, 1.54) is 6.26 Å². The topological polar surface area (TPSA) is 102 Å². The number of aliphatic hydroxyl groups excluding tert-OH is 1. The van der Waals surface area contributed by atoms with E-state index in [2.05, 4.69) is 4.98 Å². The SMILES string of the molecule is N#Cc1ccc(C(=O)N2CCOCC2CC(O)c2ccco2)[nH]1. The van der Waals surface area contributed by atoms with Gasteiger partial charge < -0.3 is 24.1 Å². The fourth-order valence-electron chi connectivity index (χ4n) is 2.71. The van der Waals surface area contributed by atoms with Crippen LogP contribution in [0.5, 0.6) is 0 Å². The van der Waals surface area contributed by atoms with Crippen LogP contribution in [0.2, 0.25) is 0 Å². The van der Waals surface area contributed by atoms with Crippen molar-refractivity contribution < 1.29 is 19.1 Å². The summed E-state index contributed by atoms with van der Waals surface area (Å²) in [7, 11) is 0. The number of nitriles is 1. The first-order valence-corrected chi connectivity index (χ1v) is 7.38. The largest absolute Gasteiger partial charge is 0.467 e. The van der Waals surface area contributed by atoms with Crippen LogP contribution in [0, 0.1) is 11.3 Å². The molecule has 1 fully saturated rings. The van der Waals surface area contributed by atoms with Crippen molar-refractivity contribution in [2.24, 2.45) is 0 Å². The predicted octanol–water partition coefficient (Wildman–Crippen LogP) is 1.44. The number of aromatic amines is 1. The lowest BCUT2D eigenvalue weighted by atomic mass is 10.0. The Labute approximate surface area is 133 Å². The fourth-order valence-corrected chi connectivity index (χ4v) is 2.71. The van der Waals surface area contributed by atoms with Gasteiger partial charge in [0.05, 0.1) is 25.5 Å².